The molecule has 0 aromatic heterocycles. The van der Waals surface area contributed by atoms with Crippen molar-refractivity contribution in [3.63, 3.8) is 0 Å². The topological polar surface area (TPSA) is 104 Å². The van der Waals surface area contributed by atoms with Gasteiger partial charge in [-0.3, -0.25) is 9.10 Å². The van der Waals surface area contributed by atoms with E-state index in [9.17, 15) is 35.6 Å². The molecule has 0 atom stereocenters. The fourth-order valence-electron chi connectivity index (χ4n) is 4.01. The number of aromatic carboxylic acids is 1. The van der Waals surface area contributed by atoms with Gasteiger partial charge in [-0.2, -0.15) is 13.2 Å². The van der Waals surface area contributed by atoms with Crippen LogP contribution >= 0.6 is 0 Å². The van der Waals surface area contributed by atoms with Crippen molar-refractivity contribution < 1.29 is 40.7 Å². The van der Waals surface area contributed by atoms with Gasteiger partial charge >= 0.3 is 12.1 Å². The van der Waals surface area contributed by atoms with E-state index in [0.29, 0.717) is 23.6 Å². The maximum Gasteiger partial charge on any atom is 0.416 e. The number of sulfonamides is 1. The minimum Gasteiger partial charge on any atom is -0.478 e. The molecule has 0 bridgehead atoms. The first kappa shape index (κ1) is 26.1. The molecule has 0 radical (unpaired) electrons. The Morgan fingerprint density at radius 2 is 1.78 bits per heavy atom. The van der Waals surface area contributed by atoms with Crippen LogP contribution in [-0.2, 0) is 29.0 Å². The molecule has 0 unspecified atom stereocenters. The monoisotopic (exact) mass is 536 g/mol. The third-order valence-electron chi connectivity index (χ3n) is 5.91. The van der Waals surface area contributed by atoms with Gasteiger partial charge in [-0.15, -0.1) is 0 Å². The van der Waals surface area contributed by atoms with Crippen molar-refractivity contribution in [3.05, 3.63) is 94.3 Å². The number of hydrogen-bond donors (Lipinski definition) is 2. The number of benzene rings is 3. The lowest BCUT2D eigenvalue weighted by molar-refractivity contribution is -0.137. The number of alkyl halides is 3. The van der Waals surface area contributed by atoms with Gasteiger partial charge in [0.1, 0.15) is 5.82 Å². The highest BCUT2D eigenvalue weighted by Gasteiger charge is 2.35. The Labute approximate surface area is 209 Å². The summed E-state index contributed by atoms with van der Waals surface area (Å²) in [5, 5.41) is 11.5. The van der Waals surface area contributed by atoms with Crippen molar-refractivity contribution in [1.82, 2.24) is 5.32 Å². The molecule has 0 fully saturated rings. The molecule has 0 saturated heterocycles. The predicted octanol–water partition coefficient (Wildman–Crippen LogP) is 4.27. The Bertz CT molecular complexity index is 1490. The summed E-state index contributed by atoms with van der Waals surface area (Å²) in [6.45, 7) is 0.102. The second-order valence-electron chi connectivity index (χ2n) is 8.32. The zero-order chi connectivity index (χ0) is 27.0. The molecule has 0 saturated carbocycles. The fourth-order valence-corrected chi connectivity index (χ4v) is 5.55. The van der Waals surface area contributed by atoms with Gasteiger partial charge in [0.25, 0.3) is 15.9 Å². The van der Waals surface area contributed by atoms with Crippen LogP contribution in [0.5, 0.6) is 0 Å². The molecule has 4 rings (SSSR count). The third-order valence-corrected chi connectivity index (χ3v) is 7.72. The molecule has 1 aliphatic rings. The molecule has 3 aromatic rings. The molecule has 194 valence electrons. The fraction of sp³-hybridized carbons (Fsp3) is 0.200. The van der Waals surface area contributed by atoms with Gasteiger partial charge in [0.05, 0.1) is 21.7 Å². The normalized spacial score (nSPS) is 13.4. The third kappa shape index (κ3) is 5.43. The lowest BCUT2D eigenvalue weighted by Crippen LogP contribution is -2.30. The van der Waals surface area contributed by atoms with E-state index in [1.165, 1.54) is 18.2 Å². The number of halogens is 4. The van der Waals surface area contributed by atoms with Crippen molar-refractivity contribution in [3.8, 4) is 0 Å². The minimum absolute atomic E-state index is 0.0108. The van der Waals surface area contributed by atoms with Gasteiger partial charge < -0.3 is 10.4 Å². The first-order valence-corrected chi connectivity index (χ1v) is 12.4. The van der Waals surface area contributed by atoms with Gasteiger partial charge in [-0.25, -0.2) is 17.6 Å². The Kier molecular flexibility index (Phi) is 6.96. The Balaban J connectivity index is 1.49. The number of amides is 1. The van der Waals surface area contributed by atoms with Crippen molar-refractivity contribution in [2.24, 2.45) is 0 Å². The molecule has 1 amide bonds. The number of carboxylic acid groups (broad SMARTS) is 1. The largest absolute Gasteiger partial charge is 0.478 e. The van der Waals surface area contributed by atoms with Crippen LogP contribution < -0.4 is 9.62 Å². The van der Waals surface area contributed by atoms with E-state index in [2.05, 4.69) is 5.32 Å². The second kappa shape index (κ2) is 9.85. The number of rotatable bonds is 7. The van der Waals surface area contributed by atoms with E-state index in [4.69, 9.17) is 5.11 Å². The highest BCUT2D eigenvalue weighted by molar-refractivity contribution is 7.92. The summed E-state index contributed by atoms with van der Waals surface area (Å²) in [6.07, 6.45) is -4.17. The molecule has 12 heteroatoms. The summed E-state index contributed by atoms with van der Waals surface area (Å²) in [5.74, 6) is -2.82. The van der Waals surface area contributed by atoms with Gasteiger partial charge in [-0.05, 0) is 66.4 Å². The second-order valence-corrected chi connectivity index (χ2v) is 10.2. The predicted molar refractivity (Wildman–Crippen MR) is 126 cm³/mol. The maximum absolute atomic E-state index is 13.8. The van der Waals surface area contributed by atoms with Crippen molar-refractivity contribution in [2.45, 2.75) is 23.9 Å². The van der Waals surface area contributed by atoms with Crippen LogP contribution in [0.15, 0.2) is 65.6 Å². The molecule has 0 spiro atoms. The van der Waals surface area contributed by atoms with Crippen LogP contribution in [0.1, 0.15) is 37.4 Å². The Hall–Kier alpha value is -3.93. The quantitative estimate of drug-likeness (QED) is 0.439. The van der Waals surface area contributed by atoms with Crippen LogP contribution in [0.25, 0.3) is 0 Å². The average Bonchev–Trinajstić information content (AvgIpc) is 3.27. The van der Waals surface area contributed by atoms with Crippen LogP contribution in [0, 0.1) is 5.82 Å². The molecule has 37 heavy (non-hydrogen) atoms. The van der Waals surface area contributed by atoms with Crippen LogP contribution in [0.3, 0.4) is 0 Å². The first-order valence-electron chi connectivity index (χ1n) is 11.0. The smallest absolute Gasteiger partial charge is 0.416 e. The standard InChI is InChI=1S/C25H20F4N2O5S/c26-21-12-15(4-7-20(21)24(33)34)8-10-30-23(32)17-6-5-16-9-11-31(22(16)13-17)37(35,36)19-3-1-2-18(14-19)25(27,28)29/h1-7,12-14H,8-11H2,(H,30,32)(H,33,34). The SMILES string of the molecule is O=C(NCCc1ccc(C(=O)O)c(F)c1)c1ccc2c(c1)N(S(=O)(=O)c1cccc(C(F)(F)F)c1)CC2. The van der Waals surface area contributed by atoms with E-state index in [-0.39, 0.29) is 30.8 Å². The van der Waals surface area contributed by atoms with Crippen LogP contribution in [0.4, 0.5) is 23.2 Å². The Morgan fingerprint density at radius 1 is 1.03 bits per heavy atom. The van der Waals surface area contributed by atoms with Crippen molar-refractivity contribution in [2.75, 3.05) is 17.4 Å². The summed E-state index contributed by atoms with van der Waals surface area (Å²) in [7, 11) is -4.32. The minimum atomic E-state index is -4.70. The van der Waals surface area contributed by atoms with E-state index >= 15 is 0 Å². The molecule has 2 N–H and O–H groups in total. The van der Waals surface area contributed by atoms with Gasteiger partial charge in [-0.1, -0.05) is 18.2 Å². The summed E-state index contributed by atoms with van der Waals surface area (Å²) in [6, 6.07) is 11.6. The number of nitrogens with one attached hydrogen (secondary N) is 1. The Morgan fingerprint density at radius 3 is 2.46 bits per heavy atom. The van der Waals surface area contributed by atoms with Gasteiger partial charge in [0.2, 0.25) is 0 Å². The number of hydrogen-bond acceptors (Lipinski definition) is 4. The zero-order valence-corrected chi connectivity index (χ0v) is 19.9. The molecule has 7 nitrogen and oxygen atoms in total. The summed E-state index contributed by atoms with van der Waals surface area (Å²) in [5.41, 5.74) is -0.112. The van der Waals surface area contributed by atoms with Crippen molar-refractivity contribution in [1.29, 1.82) is 0 Å². The first-order chi connectivity index (χ1) is 17.4. The van der Waals surface area contributed by atoms with E-state index in [1.54, 1.807) is 6.07 Å². The highest BCUT2D eigenvalue weighted by Crippen LogP contribution is 2.36. The summed E-state index contributed by atoms with van der Waals surface area (Å²) < 4.78 is 80.5. The molecular formula is C25H20F4N2O5S. The van der Waals surface area contributed by atoms with E-state index in [1.807, 2.05) is 0 Å². The van der Waals surface area contributed by atoms with Crippen molar-refractivity contribution >= 4 is 27.6 Å². The van der Waals surface area contributed by atoms with Crippen LogP contribution in [0.2, 0.25) is 0 Å². The number of fused-ring (bicyclic) bond motifs is 1. The number of anilines is 1. The molecule has 0 aliphatic carbocycles. The van der Waals surface area contributed by atoms with E-state index < -0.39 is 49.9 Å². The number of carboxylic acids is 1. The van der Waals surface area contributed by atoms with Gasteiger partial charge in [0.15, 0.2) is 0 Å². The number of carbonyl (C=O) groups excluding carboxylic acids is 1. The number of carbonyl (C=O) groups is 2. The average molecular weight is 537 g/mol. The summed E-state index contributed by atoms with van der Waals surface area (Å²) in [4.78, 5) is 23.1. The summed E-state index contributed by atoms with van der Waals surface area (Å²) >= 11 is 0. The lowest BCUT2D eigenvalue weighted by Gasteiger charge is -2.21. The van der Waals surface area contributed by atoms with E-state index in [0.717, 1.165) is 34.6 Å². The lowest BCUT2D eigenvalue weighted by atomic mass is 10.1. The zero-order valence-electron chi connectivity index (χ0n) is 19.0. The van der Waals surface area contributed by atoms with Crippen LogP contribution in [-0.4, -0.2) is 38.5 Å². The molecule has 1 heterocycles. The van der Waals surface area contributed by atoms with Gasteiger partial charge in [0, 0.05) is 18.7 Å². The number of nitrogens with zero attached hydrogens (tertiary/aromatic N) is 1. The molecule has 3 aromatic carbocycles. The molecular weight excluding hydrogens is 516 g/mol. The molecule has 1 aliphatic heterocycles. The maximum atomic E-state index is 13.8. The highest BCUT2D eigenvalue weighted by atomic mass is 32.2.